The van der Waals surface area contributed by atoms with Gasteiger partial charge in [-0.1, -0.05) is 30.3 Å². The number of hydrogen-bond acceptors (Lipinski definition) is 3. The fourth-order valence-electron chi connectivity index (χ4n) is 2.96. The Morgan fingerprint density at radius 1 is 1.36 bits per heavy atom. The molecular formula is C18H27NO3. The van der Waals surface area contributed by atoms with Gasteiger partial charge in [-0.15, -0.1) is 0 Å². The quantitative estimate of drug-likeness (QED) is 0.776. The molecule has 2 rings (SSSR count). The van der Waals surface area contributed by atoms with Gasteiger partial charge in [0.25, 0.3) is 0 Å². The zero-order valence-electron chi connectivity index (χ0n) is 13.3. The van der Waals surface area contributed by atoms with Crippen molar-refractivity contribution in [2.45, 2.75) is 63.7 Å². The first-order valence-electron chi connectivity index (χ1n) is 8.29. The van der Waals surface area contributed by atoms with Crippen LogP contribution in [0.5, 0.6) is 0 Å². The molecule has 1 aliphatic rings. The van der Waals surface area contributed by atoms with Crippen LogP contribution in [0.2, 0.25) is 0 Å². The van der Waals surface area contributed by atoms with Crippen LogP contribution in [0.25, 0.3) is 0 Å². The van der Waals surface area contributed by atoms with E-state index >= 15 is 0 Å². The zero-order valence-corrected chi connectivity index (χ0v) is 13.3. The third-order valence-electron chi connectivity index (χ3n) is 4.20. The highest BCUT2D eigenvalue weighted by Gasteiger charge is 2.22. The van der Waals surface area contributed by atoms with Crippen LogP contribution < -0.4 is 5.32 Å². The first-order valence-corrected chi connectivity index (χ1v) is 8.29. The highest BCUT2D eigenvalue weighted by atomic mass is 16.5. The van der Waals surface area contributed by atoms with Gasteiger partial charge in [0.15, 0.2) is 0 Å². The van der Waals surface area contributed by atoms with E-state index in [0.717, 1.165) is 31.2 Å². The zero-order chi connectivity index (χ0) is 15.8. The maximum absolute atomic E-state index is 12.2. The van der Waals surface area contributed by atoms with Crippen LogP contribution in [-0.4, -0.2) is 29.8 Å². The number of aliphatic hydroxyl groups excluding tert-OH is 1. The van der Waals surface area contributed by atoms with Crippen LogP contribution >= 0.6 is 0 Å². The largest absolute Gasteiger partial charge is 0.396 e. The standard InChI is InChI=1S/C18H27NO3/c1-14-9-10-16(22-14)11-12-18(21)19-17(8-5-13-20)15-6-3-2-4-7-15/h2-4,6-7,14,16-17,20H,5,8-13H2,1H3,(H,19,21). The Bertz CT molecular complexity index is 449. The van der Waals surface area contributed by atoms with Crippen molar-refractivity contribution >= 4 is 5.91 Å². The van der Waals surface area contributed by atoms with Crippen LogP contribution in [0.3, 0.4) is 0 Å². The van der Waals surface area contributed by atoms with Gasteiger partial charge >= 0.3 is 0 Å². The molecule has 0 spiro atoms. The molecule has 4 nitrogen and oxygen atoms in total. The molecule has 1 aromatic carbocycles. The monoisotopic (exact) mass is 305 g/mol. The molecule has 1 heterocycles. The molecule has 0 radical (unpaired) electrons. The molecule has 3 atom stereocenters. The second kappa shape index (κ2) is 8.91. The molecule has 1 aromatic rings. The van der Waals surface area contributed by atoms with Crippen molar-refractivity contribution in [3.05, 3.63) is 35.9 Å². The van der Waals surface area contributed by atoms with E-state index in [4.69, 9.17) is 9.84 Å². The minimum atomic E-state index is -0.0238. The SMILES string of the molecule is CC1CCC(CCC(=O)NC(CCCO)c2ccccc2)O1. The van der Waals surface area contributed by atoms with Gasteiger partial charge in [0.1, 0.15) is 0 Å². The van der Waals surface area contributed by atoms with Crippen molar-refractivity contribution in [1.29, 1.82) is 0 Å². The predicted molar refractivity (Wildman–Crippen MR) is 86.4 cm³/mol. The van der Waals surface area contributed by atoms with Crippen molar-refractivity contribution in [2.24, 2.45) is 0 Å². The number of aliphatic hydroxyl groups is 1. The van der Waals surface area contributed by atoms with Crippen LogP contribution in [0.4, 0.5) is 0 Å². The number of nitrogens with one attached hydrogen (secondary N) is 1. The lowest BCUT2D eigenvalue weighted by Crippen LogP contribution is -2.29. The summed E-state index contributed by atoms with van der Waals surface area (Å²) >= 11 is 0. The molecule has 0 aliphatic carbocycles. The van der Waals surface area contributed by atoms with Crippen LogP contribution in [0, 0.1) is 0 Å². The maximum Gasteiger partial charge on any atom is 0.220 e. The molecule has 0 saturated carbocycles. The first kappa shape index (κ1) is 17.0. The fourth-order valence-corrected chi connectivity index (χ4v) is 2.96. The number of ether oxygens (including phenoxy) is 1. The lowest BCUT2D eigenvalue weighted by atomic mass is 10.0. The van der Waals surface area contributed by atoms with Gasteiger partial charge in [-0.05, 0) is 44.6 Å². The van der Waals surface area contributed by atoms with Crippen molar-refractivity contribution in [3.8, 4) is 0 Å². The molecule has 1 fully saturated rings. The van der Waals surface area contributed by atoms with Crippen molar-refractivity contribution in [2.75, 3.05) is 6.61 Å². The topological polar surface area (TPSA) is 58.6 Å². The Labute approximate surface area is 132 Å². The maximum atomic E-state index is 12.2. The molecule has 22 heavy (non-hydrogen) atoms. The highest BCUT2D eigenvalue weighted by molar-refractivity contribution is 5.76. The summed E-state index contributed by atoms with van der Waals surface area (Å²) in [5.41, 5.74) is 1.09. The summed E-state index contributed by atoms with van der Waals surface area (Å²) in [5.74, 6) is 0.0648. The van der Waals surface area contributed by atoms with E-state index in [1.54, 1.807) is 0 Å². The van der Waals surface area contributed by atoms with Gasteiger partial charge < -0.3 is 15.2 Å². The number of benzene rings is 1. The minimum absolute atomic E-state index is 0.0238. The van der Waals surface area contributed by atoms with Crippen LogP contribution in [0.15, 0.2) is 30.3 Å². The van der Waals surface area contributed by atoms with Crippen LogP contribution in [-0.2, 0) is 9.53 Å². The minimum Gasteiger partial charge on any atom is -0.396 e. The summed E-state index contributed by atoms with van der Waals surface area (Å²) in [5, 5.41) is 12.1. The van der Waals surface area contributed by atoms with Gasteiger partial charge in [0.2, 0.25) is 5.91 Å². The first-order chi connectivity index (χ1) is 10.7. The van der Waals surface area contributed by atoms with Crippen molar-refractivity contribution in [3.63, 3.8) is 0 Å². The summed E-state index contributed by atoms with van der Waals surface area (Å²) in [6.07, 6.45) is 5.43. The molecule has 1 amide bonds. The molecule has 122 valence electrons. The second-order valence-electron chi connectivity index (χ2n) is 6.08. The van der Waals surface area contributed by atoms with Crippen LogP contribution in [0.1, 0.15) is 57.1 Å². The summed E-state index contributed by atoms with van der Waals surface area (Å²) in [4.78, 5) is 12.2. The van der Waals surface area contributed by atoms with E-state index in [1.807, 2.05) is 30.3 Å². The van der Waals surface area contributed by atoms with E-state index in [2.05, 4.69) is 12.2 Å². The number of rotatable bonds is 8. The average Bonchev–Trinajstić information content (AvgIpc) is 2.96. The number of hydrogen-bond donors (Lipinski definition) is 2. The Morgan fingerprint density at radius 2 is 2.14 bits per heavy atom. The molecule has 4 heteroatoms. The van der Waals surface area contributed by atoms with Gasteiger partial charge in [0.05, 0.1) is 18.2 Å². The Hall–Kier alpha value is -1.39. The van der Waals surface area contributed by atoms with Gasteiger partial charge in [-0.3, -0.25) is 4.79 Å². The van der Waals surface area contributed by atoms with Gasteiger partial charge in [0, 0.05) is 13.0 Å². The lowest BCUT2D eigenvalue weighted by Gasteiger charge is -2.19. The molecule has 1 aliphatic heterocycles. The molecule has 0 aromatic heterocycles. The summed E-state index contributed by atoms with van der Waals surface area (Å²) in [6, 6.07) is 9.92. The Balaban J connectivity index is 1.82. The smallest absolute Gasteiger partial charge is 0.220 e. The Kier molecular flexibility index (Phi) is 6.87. The van der Waals surface area contributed by atoms with Crippen molar-refractivity contribution in [1.82, 2.24) is 5.32 Å². The molecule has 1 saturated heterocycles. The molecule has 0 bridgehead atoms. The molecule has 3 unspecified atom stereocenters. The Morgan fingerprint density at radius 3 is 2.77 bits per heavy atom. The van der Waals surface area contributed by atoms with E-state index in [0.29, 0.717) is 18.9 Å². The summed E-state index contributed by atoms with van der Waals surface area (Å²) in [7, 11) is 0. The lowest BCUT2D eigenvalue weighted by molar-refractivity contribution is -0.122. The third kappa shape index (κ3) is 5.43. The van der Waals surface area contributed by atoms with E-state index in [1.165, 1.54) is 0 Å². The normalized spacial score (nSPS) is 22.5. The van der Waals surface area contributed by atoms with Gasteiger partial charge in [-0.25, -0.2) is 0 Å². The predicted octanol–water partition coefficient (Wildman–Crippen LogP) is 2.96. The summed E-state index contributed by atoms with van der Waals surface area (Å²) < 4.78 is 5.75. The number of carbonyl (C=O) groups is 1. The van der Waals surface area contributed by atoms with E-state index in [-0.39, 0.29) is 24.7 Å². The average molecular weight is 305 g/mol. The van der Waals surface area contributed by atoms with E-state index in [9.17, 15) is 4.79 Å². The number of carbonyl (C=O) groups excluding carboxylic acids is 1. The fraction of sp³-hybridized carbons (Fsp3) is 0.611. The van der Waals surface area contributed by atoms with E-state index < -0.39 is 0 Å². The highest BCUT2D eigenvalue weighted by Crippen LogP contribution is 2.23. The molecule has 2 N–H and O–H groups in total. The third-order valence-corrected chi connectivity index (χ3v) is 4.20. The molecular weight excluding hydrogens is 278 g/mol. The summed E-state index contributed by atoms with van der Waals surface area (Å²) in [6.45, 7) is 2.23. The van der Waals surface area contributed by atoms with Crippen molar-refractivity contribution < 1.29 is 14.6 Å². The number of amides is 1. The second-order valence-corrected chi connectivity index (χ2v) is 6.08. The van der Waals surface area contributed by atoms with Gasteiger partial charge in [-0.2, -0.15) is 0 Å².